The van der Waals surface area contributed by atoms with Crippen LogP contribution in [0.25, 0.3) is 0 Å². The fourth-order valence-corrected chi connectivity index (χ4v) is 5.05. The predicted octanol–water partition coefficient (Wildman–Crippen LogP) is 3.43. The number of hydrogen-bond donors (Lipinski definition) is 1. The third-order valence-electron chi connectivity index (χ3n) is 4.83. The number of amides is 1. The number of carbonyl (C=O) groups excluding carboxylic acids is 1. The molecule has 2 atom stereocenters. The molecule has 2 aromatic rings. The number of ether oxygens (including phenoxy) is 1. The molecule has 1 fully saturated rings. The van der Waals surface area contributed by atoms with Gasteiger partial charge >= 0.3 is 6.18 Å². The van der Waals surface area contributed by atoms with Gasteiger partial charge in [0, 0.05) is 25.2 Å². The molecule has 0 spiro atoms. The molecule has 10 heteroatoms. The quantitative estimate of drug-likeness (QED) is 0.748. The van der Waals surface area contributed by atoms with Crippen molar-refractivity contribution in [2.75, 3.05) is 13.1 Å². The molecule has 0 bridgehead atoms. The lowest BCUT2D eigenvalue weighted by Gasteiger charge is -2.34. The van der Waals surface area contributed by atoms with E-state index in [1.54, 1.807) is 13.8 Å². The van der Waals surface area contributed by atoms with Crippen molar-refractivity contribution in [1.29, 1.82) is 0 Å². The van der Waals surface area contributed by atoms with Gasteiger partial charge in [-0.1, -0.05) is 18.2 Å². The van der Waals surface area contributed by atoms with E-state index < -0.39 is 27.7 Å². The maximum atomic E-state index is 13.0. The summed E-state index contributed by atoms with van der Waals surface area (Å²) in [4.78, 5) is 12.5. The highest BCUT2D eigenvalue weighted by Gasteiger charge is 2.33. The number of hydrogen-bond acceptors (Lipinski definition) is 4. The molecular weight excluding hydrogens is 433 g/mol. The van der Waals surface area contributed by atoms with E-state index in [2.05, 4.69) is 5.32 Å². The number of morpholine rings is 1. The van der Waals surface area contributed by atoms with Crippen molar-refractivity contribution in [1.82, 2.24) is 9.62 Å². The summed E-state index contributed by atoms with van der Waals surface area (Å²) >= 11 is 0. The zero-order chi connectivity index (χ0) is 22.8. The summed E-state index contributed by atoms with van der Waals surface area (Å²) in [6, 6.07) is 10.2. The molecule has 0 unspecified atom stereocenters. The third kappa shape index (κ3) is 5.63. The van der Waals surface area contributed by atoms with Crippen molar-refractivity contribution in [3.63, 3.8) is 0 Å². The van der Waals surface area contributed by atoms with Crippen LogP contribution in [-0.2, 0) is 27.5 Å². The molecule has 1 amide bonds. The summed E-state index contributed by atoms with van der Waals surface area (Å²) in [6.07, 6.45) is -4.98. The van der Waals surface area contributed by atoms with Crippen molar-refractivity contribution in [2.24, 2.45) is 0 Å². The van der Waals surface area contributed by atoms with E-state index in [4.69, 9.17) is 4.74 Å². The summed E-state index contributed by atoms with van der Waals surface area (Å²) in [6.45, 7) is 3.86. The molecule has 0 aromatic heterocycles. The Bertz CT molecular complexity index is 1050. The first-order valence-corrected chi connectivity index (χ1v) is 11.1. The Morgan fingerprint density at radius 3 is 2.39 bits per heavy atom. The fourth-order valence-electron chi connectivity index (χ4n) is 3.42. The van der Waals surface area contributed by atoms with E-state index in [0.29, 0.717) is 0 Å². The molecule has 3 rings (SSSR count). The highest BCUT2D eigenvalue weighted by atomic mass is 32.2. The van der Waals surface area contributed by atoms with Crippen LogP contribution >= 0.6 is 0 Å². The largest absolute Gasteiger partial charge is 0.416 e. The van der Waals surface area contributed by atoms with Crippen molar-refractivity contribution >= 4 is 15.9 Å². The van der Waals surface area contributed by atoms with E-state index in [1.807, 2.05) is 0 Å². The Hall–Kier alpha value is -2.43. The first-order chi connectivity index (χ1) is 14.5. The molecule has 168 valence electrons. The van der Waals surface area contributed by atoms with Crippen LogP contribution in [0, 0.1) is 0 Å². The number of halogens is 3. The first-order valence-electron chi connectivity index (χ1n) is 9.67. The second kappa shape index (κ2) is 8.97. The first kappa shape index (κ1) is 23.2. The molecule has 2 aromatic carbocycles. The Kier molecular flexibility index (Phi) is 6.73. The molecule has 0 radical (unpaired) electrons. The molecular formula is C21H23F3N2O4S. The second-order valence-electron chi connectivity index (χ2n) is 7.49. The van der Waals surface area contributed by atoms with Gasteiger partial charge in [0.2, 0.25) is 10.0 Å². The van der Waals surface area contributed by atoms with Crippen LogP contribution in [0.1, 0.15) is 35.3 Å². The Morgan fingerprint density at radius 1 is 1.10 bits per heavy atom. The minimum absolute atomic E-state index is 0.0273. The smallest absolute Gasteiger partial charge is 0.373 e. The standard InChI is InChI=1S/C21H23F3N2O4S/c1-14-12-26(13-15(2)30-14)31(28,29)19-8-4-6-17(10-19)20(27)25-11-16-5-3-7-18(9-16)21(22,23)24/h3-10,14-15H,11-13H2,1-2H3,(H,25,27)/t14-,15-/m1/s1. The van der Waals surface area contributed by atoms with Crippen molar-refractivity contribution in [2.45, 2.75) is 43.7 Å². The van der Waals surface area contributed by atoms with Gasteiger partial charge in [0.25, 0.3) is 5.91 Å². The third-order valence-corrected chi connectivity index (χ3v) is 6.66. The van der Waals surface area contributed by atoms with Crippen LogP contribution in [0.5, 0.6) is 0 Å². The number of carbonyl (C=O) groups is 1. The lowest BCUT2D eigenvalue weighted by Crippen LogP contribution is -2.48. The number of benzene rings is 2. The van der Waals surface area contributed by atoms with Gasteiger partial charge in [-0.15, -0.1) is 0 Å². The van der Waals surface area contributed by atoms with E-state index in [9.17, 15) is 26.4 Å². The van der Waals surface area contributed by atoms with Gasteiger partial charge in [0.1, 0.15) is 0 Å². The highest BCUT2D eigenvalue weighted by Crippen LogP contribution is 2.29. The molecule has 0 saturated carbocycles. The molecule has 1 N–H and O–H groups in total. The normalized spacial score (nSPS) is 20.4. The molecule has 1 saturated heterocycles. The monoisotopic (exact) mass is 456 g/mol. The van der Waals surface area contributed by atoms with Gasteiger partial charge in [-0.25, -0.2) is 8.42 Å². The molecule has 31 heavy (non-hydrogen) atoms. The fraction of sp³-hybridized carbons (Fsp3) is 0.381. The minimum Gasteiger partial charge on any atom is -0.373 e. The summed E-state index contributed by atoms with van der Waals surface area (Å²) in [5, 5.41) is 2.53. The van der Waals surface area contributed by atoms with Crippen LogP contribution in [0.2, 0.25) is 0 Å². The van der Waals surface area contributed by atoms with Gasteiger partial charge < -0.3 is 10.1 Å². The average Bonchev–Trinajstić information content (AvgIpc) is 2.71. The predicted molar refractivity (Wildman–Crippen MR) is 108 cm³/mol. The molecule has 1 heterocycles. The number of alkyl halides is 3. The number of nitrogens with zero attached hydrogens (tertiary/aromatic N) is 1. The van der Waals surface area contributed by atoms with Crippen molar-refractivity contribution in [3.8, 4) is 0 Å². The molecule has 1 aliphatic rings. The highest BCUT2D eigenvalue weighted by molar-refractivity contribution is 7.89. The van der Waals surface area contributed by atoms with E-state index in [0.717, 1.165) is 12.1 Å². The Morgan fingerprint density at radius 2 is 1.74 bits per heavy atom. The zero-order valence-corrected chi connectivity index (χ0v) is 17.8. The van der Waals surface area contributed by atoms with Gasteiger partial charge in [0.15, 0.2) is 0 Å². The lowest BCUT2D eigenvalue weighted by atomic mass is 10.1. The minimum atomic E-state index is -4.48. The van der Waals surface area contributed by atoms with Crippen LogP contribution in [0.15, 0.2) is 53.4 Å². The zero-order valence-electron chi connectivity index (χ0n) is 17.0. The summed E-state index contributed by atoms with van der Waals surface area (Å²) in [5.74, 6) is -0.585. The van der Waals surface area contributed by atoms with E-state index in [-0.39, 0.29) is 47.9 Å². The topological polar surface area (TPSA) is 75.7 Å². The van der Waals surface area contributed by atoms with Crippen molar-refractivity contribution in [3.05, 3.63) is 65.2 Å². The summed E-state index contributed by atoms with van der Waals surface area (Å²) in [7, 11) is -3.82. The summed E-state index contributed by atoms with van der Waals surface area (Å²) in [5.41, 5.74) is -0.424. The SMILES string of the molecule is C[C@@H]1CN(S(=O)(=O)c2cccc(C(=O)NCc3cccc(C(F)(F)F)c3)c2)C[C@@H](C)O1. The van der Waals surface area contributed by atoms with E-state index >= 15 is 0 Å². The van der Waals surface area contributed by atoms with Crippen LogP contribution < -0.4 is 5.32 Å². The maximum absolute atomic E-state index is 13.0. The van der Waals surface area contributed by atoms with E-state index in [1.165, 1.54) is 40.7 Å². The molecule has 1 aliphatic heterocycles. The maximum Gasteiger partial charge on any atom is 0.416 e. The van der Waals surface area contributed by atoms with Gasteiger partial charge in [-0.05, 0) is 49.7 Å². The number of sulfonamides is 1. The number of rotatable bonds is 5. The van der Waals surface area contributed by atoms with Gasteiger partial charge in [-0.2, -0.15) is 17.5 Å². The second-order valence-corrected chi connectivity index (χ2v) is 9.43. The van der Waals surface area contributed by atoms with Crippen LogP contribution in [-0.4, -0.2) is 43.9 Å². The van der Waals surface area contributed by atoms with Crippen LogP contribution in [0.3, 0.4) is 0 Å². The summed E-state index contributed by atoms with van der Waals surface area (Å²) < 4.78 is 71.4. The number of nitrogens with one attached hydrogen (secondary N) is 1. The van der Waals surface area contributed by atoms with Gasteiger partial charge in [0.05, 0.1) is 22.7 Å². The lowest BCUT2D eigenvalue weighted by molar-refractivity contribution is -0.137. The van der Waals surface area contributed by atoms with Gasteiger partial charge in [-0.3, -0.25) is 4.79 Å². The average molecular weight is 456 g/mol. The molecule has 6 nitrogen and oxygen atoms in total. The Balaban J connectivity index is 1.73. The Labute approximate surface area is 179 Å². The van der Waals surface area contributed by atoms with Crippen molar-refractivity contribution < 1.29 is 31.1 Å². The van der Waals surface area contributed by atoms with Crippen LogP contribution in [0.4, 0.5) is 13.2 Å². The molecule has 0 aliphatic carbocycles.